The van der Waals surface area contributed by atoms with Crippen LogP contribution in [0.4, 0.5) is 22.7 Å². The topological polar surface area (TPSA) is 136 Å². The molecular weight excluding hydrogens is 352 g/mol. The van der Waals surface area contributed by atoms with Gasteiger partial charge in [-0.1, -0.05) is 0 Å². The molecule has 132 valence electrons. The average molecular weight is 366 g/mol. The van der Waals surface area contributed by atoms with Crippen molar-refractivity contribution in [2.24, 2.45) is 0 Å². The molecule has 0 unspecified atom stereocenters. The number of nitrogens with one attached hydrogen (secondary N) is 1. The van der Waals surface area contributed by atoms with Crippen molar-refractivity contribution in [2.75, 3.05) is 23.7 Å². The van der Waals surface area contributed by atoms with Gasteiger partial charge in [0.25, 0.3) is 21.4 Å². The number of hydrogen-bond acceptors (Lipinski definition) is 7. The highest BCUT2D eigenvalue weighted by Gasteiger charge is 2.28. The van der Waals surface area contributed by atoms with Gasteiger partial charge >= 0.3 is 0 Å². The van der Waals surface area contributed by atoms with E-state index >= 15 is 0 Å². The second kappa shape index (κ2) is 6.73. The van der Waals surface area contributed by atoms with Crippen LogP contribution < -0.4 is 9.62 Å². The Hall–Kier alpha value is -3.21. The van der Waals surface area contributed by atoms with Crippen LogP contribution in [0.1, 0.15) is 0 Å². The predicted octanol–water partition coefficient (Wildman–Crippen LogP) is 2.37. The Morgan fingerprint density at radius 1 is 0.960 bits per heavy atom. The van der Waals surface area contributed by atoms with Crippen LogP contribution in [-0.4, -0.2) is 32.4 Å². The van der Waals surface area contributed by atoms with E-state index in [1.54, 1.807) is 12.1 Å². The van der Waals surface area contributed by atoms with Gasteiger partial charge in [-0.2, -0.15) is 0 Å². The van der Waals surface area contributed by atoms with Crippen molar-refractivity contribution in [3.8, 4) is 0 Å². The van der Waals surface area contributed by atoms with Gasteiger partial charge in [0.1, 0.15) is 0 Å². The summed E-state index contributed by atoms with van der Waals surface area (Å²) in [6.07, 6.45) is 0. The zero-order valence-corrected chi connectivity index (χ0v) is 14.1. The molecule has 10 nitrogen and oxygen atoms in total. The number of nitro benzene ring substituents is 2. The maximum atomic E-state index is 12.4. The van der Waals surface area contributed by atoms with Gasteiger partial charge in [0, 0.05) is 31.5 Å². The lowest BCUT2D eigenvalue weighted by atomic mass is 10.3. The molecule has 0 saturated heterocycles. The SMILES string of the molecule is CN(C)c1ccc(NS(=O)(=O)c2ccc([N+](=O)[O-])cc2[N+](=O)[O-])cc1. The lowest BCUT2D eigenvalue weighted by Gasteiger charge is -2.13. The Balaban J connectivity index is 2.42. The summed E-state index contributed by atoms with van der Waals surface area (Å²) >= 11 is 0. The van der Waals surface area contributed by atoms with Crippen molar-refractivity contribution >= 4 is 32.8 Å². The minimum absolute atomic E-state index is 0.207. The number of rotatable bonds is 6. The monoisotopic (exact) mass is 366 g/mol. The van der Waals surface area contributed by atoms with Crippen molar-refractivity contribution in [3.05, 3.63) is 62.7 Å². The summed E-state index contributed by atoms with van der Waals surface area (Å²) in [6, 6.07) is 8.70. The first-order valence-electron chi connectivity index (χ1n) is 6.85. The van der Waals surface area contributed by atoms with Gasteiger partial charge in [-0.05, 0) is 30.3 Å². The fourth-order valence-corrected chi connectivity index (χ4v) is 3.24. The Labute approximate surface area is 143 Å². The molecule has 0 aliphatic rings. The normalized spacial score (nSPS) is 11.0. The van der Waals surface area contributed by atoms with E-state index < -0.39 is 36.1 Å². The summed E-state index contributed by atoms with van der Waals surface area (Å²) in [6.45, 7) is 0. The fourth-order valence-electron chi connectivity index (χ4n) is 2.03. The van der Waals surface area contributed by atoms with E-state index in [9.17, 15) is 28.6 Å². The summed E-state index contributed by atoms with van der Waals surface area (Å²) in [5.74, 6) is 0. The number of anilines is 2. The molecule has 0 bridgehead atoms. The van der Waals surface area contributed by atoms with Crippen LogP contribution in [-0.2, 0) is 10.0 Å². The molecule has 0 atom stereocenters. The Bertz CT molecular complexity index is 925. The lowest BCUT2D eigenvalue weighted by Crippen LogP contribution is -2.15. The molecule has 0 aliphatic carbocycles. The number of benzene rings is 2. The van der Waals surface area contributed by atoms with Gasteiger partial charge in [-0.3, -0.25) is 25.0 Å². The van der Waals surface area contributed by atoms with Crippen molar-refractivity contribution < 1.29 is 18.3 Å². The van der Waals surface area contributed by atoms with Crippen LogP contribution >= 0.6 is 0 Å². The average Bonchev–Trinajstić information content (AvgIpc) is 2.54. The summed E-state index contributed by atoms with van der Waals surface area (Å²) in [7, 11) is -0.655. The third-order valence-corrected chi connectivity index (χ3v) is 4.70. The van der Waals surface area contributed by atoms with Crippen molar-refractivity contribution in [1.29, 1.82) is 0 Å². The molecule has 0 heterocycles. The molecule has 1 N–H and O–H groups in total. The zero-order valence-electron chi connectivity index (χ0n) is 13.2. The third kappa shape index (κ3) is 4.01. The second-order valence-electron chi connectivity index (χ2n) is 5.21. The summed E-state index contributed by atoms with van der Waals surface area (Å²) in [5, 5.41) is 21.8. The number of nitro groups is 2. The molecule has 0 radical (unpaired) electrons. The highest BCUT2D eigenvalue weighted by Crippen LogP contribution is 2.30. The summed E-state index contributed by atoms with van der Waals surface area (Å²) < 4.78 is 27.1. The van der Waals surface area contributed by atoms with E-state index in [1.807, 2.05) is 19.0 Å². The Morgan fingerprint density at radius 2 is 1.56 bits per heavy atom. The highest BCUT2D eigenvalue weighted by atomic mass is 32.2. The largest absolute Gasteiger partial charge is 0.378 e. The molecular formula is C14H14N4O6S. The molecule has 25 heavy (non-hydrogen) atoms. The molecule has 0 aliphatic heterocycles. The van der Waals surface area contributed by atoms with Crippen LogP contribution in [0.25, 0.3) is 0 Å². The van der Waals surface area contributed by atoms with Crippen molar-refractivity contribution in [3.63, 3.8) is 0 Å². The fraction of sp³-hybridized carbons (Fsp3) is 0.143. The molecule has 0 saturated carbocycles. The maximum absolute atomic E-state index is 12.4. The highest BCUT2D eigenvalue weighted by molar-refractivity contribution is 7.92. The van der Waals surface area contributed by atoms with E-state index in [0.29, 0.717) is 6.07 Å². The molecule has 0 amide bonds. The molecule has 2 rings (SSSR count). The van der Waals surface area contributed by atoms with Gasteiger partial charge in [0.15, 0.2) is 4.90 Å². The molecule has 11 heteroatoms. The Morgan fingerprint density at radius 3 is 2.04 bits per heavy atom. The second-order valence-corrected chi connectivity index (χ2v) is 6.86. The van der Waals surface area contributed by atoms with E-state index in [-0.39, 0.29) is 5.69 Å². The zero-order chi connectivity index (χ0) is 18.8. The molecule has 0 aromatic heterocycles. The van der Waals surface area contributed by atoms with Gasteiger partial charge in [0.05, 0.1) is 15.9 Å². The number of non-ortho nitro benzene ring substituents is 1. The van der Waals surface area contributed by atoms with Gasteiger partial charge in [0.2, 0.25) is 0 Å². The number of hydrogen-bond donors (Lipinski definition) is 1. The molecule has 0 spiro atoms. The first-order chi connectivity index (χ1) is 11.6. The smallest absolute Gasteiger partial charge is 0.296 e. The number of sulfonamides is 1. The molecule has 2 aromatic rings. The van der Waals surface area contributed by atoms with Crippen molar-refractivity contribution in [1.82, 2.24) is 0 Å². The predicted molar refractivity (Wildman–Crippen MR) is 91.3 cm³/mol. The van der Waals surface area contributed by atoms with E-state index in [4.69, 9.17) is 0 Å². The third-order valence-electron chi connectivity index (χ3n) is 3.28. The van der Waals surface area contributed by atoms with E-state index in [2.05, 4.69) is 4.72 Å². The molecule has 0 fully saturated rings. The van der Waals surface area contributed by atoms with Crippen molar-refractivity contribution in [2.45, 2.75) is 4.90 Å². The van der Waals surface area contributed by atoms with Crippen LogP contribution in [0.3, 0.4) is 0 Å². The van der Waals surface area contributed by atoms with Crippen LogP contribution in [0.2, 0.25) is 0 Å². The van der Waals surface area contributed by atoms with Gasteiger partial charge < -0.3 is 4.90 Å². The van der Waals surface area contributed by atoms with Crippen LogP contribution in [0, 0.1) is 20.2 Å². The maximum Gasteiger partial charge on any atom is 0.296 e. The lowest BCUT2D eigenvalue weighted by molar-refractivity contribution is -0.396. The minimum Gasteiger partial charge on any atom is -0.378 e. The van der Waals surface area contributed by atoms with E-state index in [1.165, 1.54) is 12.1 Å². The first kappa shape index (κ1) is 18.1. The number of nitrogens with zero attached hydrogens (tertiary/aromatic N) is 3. The van der Waals surface area contributed by atoms with Gasteiger partial charge in [-0.15, -0.1) is 0 Å². The minimum atomic E-state index is -4.29. The summed E-state index contributed by atoms with van der Waals surface area (Å²) in [4.78, 5) is 21.2. The first-order valence-corrected chi connectivity index (χ1v) is 8.33. The van der Waals surface area contributed by atoms with Crippen LogP contribution in [0.5, 0.6) is 0 Å². The molecule has 2 aromatic carbocycles. The van der Waals surface area contributed by atoms with E-state index in [0.717, 1.165) is 17.8 Å². The van der Waals surface area contributed by atoms with Crippen LogP contribution in [0.15, 0.2) is 47.4 Å². The summed E-state index contributed by atoms with van der Waals surface area (Å²) in [5.41, 5.74) is -0.393. The quantitative estimate of drug-likeness (QED) is 0.612. The van der Waals surface area contributed by atoms with Gasteiger partial charge in [-0.25, -0.2) is 8.42 Å². The standard InChI is InChI=1S/C14H14N4O6S/c1-16(2)11-5-3-10(4-6-11)15-25(23,24)14-8-7-12(17(19)20)9-13(14)18(21)22/h3-9,15H,1-2H3. The Kier molecular flexibility index (Phi) is 4.88.